The molecule has 0 aliphatic heterocycles. The Kier molecular flexibility index (Phi) is 10.0. The fourth-order valence-corrected chi connectivity index (χ4v) is 1.29. The minimum atomic E-state index is -0.674. The zero-order valence-corrected chi connectivity index (χ0v) is 11.5. The highest BCUT2D eigenvalue weighted by atomic mass is 16.6. The van der Waals surface area contributed by atoms with Crippen molar-refractivity contribution in [3.05, 3.63) is 12.2 Å². The van der Waals surface area contributed by atoms with Gasteiger partial charge in [-0.25, -0.2) is 9.59 Å². The molecule has 0 aromatic heterocycles. The van der Waals surface area contributed by atoms with Crippen LogP contribution in [-0.4, -0.2) is 25.2 Å². The summed E-state index contributed by atoms with van der Waals surface area (Å²) in [5.41, 5.74) is -0.219. The van der Waals surface area contributed by atoms with Crippen LogP contribution in [0.15, 0.2) is 12.2 Å². The topological polar surface area (TPSA) is 52.6 Å². The second-order valence-corrected chi connectivity index (χ2v) is 4.16. The Morgan fingerprint density at radius 1 is 0.833 bits per heavy atom. The molecule has 0 aliphatic rings. The number of hydrogen-bond acceptors (Lipinski definition) is 4. The first-order valence-electron chi connectivity index (χ1n) is 6.66. The maximum absolute atomic E-state index is 11.4. The first-order valence-corrected chi connectivity index (χ1v) is 6.66. The van der Waals surface area contributed by atoms with Gasteiger partial charge in [0.15, 0.2) is 0 Å². The van der Waals surface area contributed by atoms with Gasteiger partial charge in [0.25, 0.3) is 0 Å². The lowest BCUT2D eigenvalue weighted by atomic mass is 10.2. The lowest BCUT2D eigenvalue weighted by Crippen LogP contribution is -2.18. The summed E-state index contributed by atoms with van der Waals surface area (Å²) in [4.78, 5) is 22.8. The number of hydrogen-bond donors (Lipinski definition) is 0. The van der Waals surface area contributed by atoms with E-state index in [0.717, 1.165) is 38.5 Å². The Morgan fingerprint density at radius 2 is 1.22 bits per heavy atom. The SMILES string of the molecule is C=C(C(=O)OCCCCC)C(=O)OCCCCC. The molecule has 0 bridgehead atoms. The van der Waals surface area contributed by atoms with Gasteiger partial charge in [-0.3, -0.25) is 0 Å². The van der Waals surface area contributed by atoms with E-state index in [0.29, 0.717) is 13.2 Å². The summed E-state index contributed by atoms with van der Waals surface area (Å²) in [6.07, 6.45) is 5.72. The number of ether oxygens (including phenoxy) is 2. The second-order valence-electron chi connectivity index (χ2n) is 4.16. The van der Waals surface area contributed by atoms with Crippen LogP contribution in [0.5, 0.6) is 0 Å². The molecule has 4 nitrogen and oxygen atoms in total. The normalized spacial score (nSPS) is 9.89. The average molecular weight is 256 g/mol. The molecule has 0 aromatic carbocycles. The molecular weight excluding hydrogens is 232 g/mol. The Labute approximate surface area is 109 Å². The zero-order valence-electron chi connectivity index (χ0n) is 11.5. The van der Waals surface area contributed by atoms with Crippen LogP contribution in [-0.2, 0) is 19.1 Å². The molecule has 0 saturated heterocycles. The molecule has 0 rings (SSSR count). The van der Waals surface area contributed by atoms with Crippen molar-refractivity contribution >= 4 is 11.9 Å². The third-order valence-corrected chi connectivity index (χ3v) is 2.45. The Morgan fingerprint density at radius 3 is 1.56 bits per heavy atom. The summed E-state index contributed by atoms with van der Waals surface area (Å²) >= 11 is 0. The summed E-state index contributed by atoms with van der Waals surface area (Å²) in [5, 5.41) is 0. The predicted molar refractivity (Wildman–Crippen MR) is 70.1 cm³/mol. The molecule has 0 aromatic rings. The second kappa shape index (κ2) is 10.8. The van der Waals surface area contributed by atoms with Crippen LogP contribution >= 0.6 is 0 Å². The summed E-state index contributed by atoms with van der Waals surface area (Å²) in [7, 11) is 0. The number of esters is 2. The molecule has 104 valence electrons. The average Bonchev–Trinajstić information content (AvgIpc) is 2.38. The van der Waals surface area contributed by atoms with Crippen LogP contribution in [0.25, 0.3) is 0 Å². The smallest absolute Gasteiger partial charge is 0.344 e. The highest BCUT2D eigenvalue weighted by molar-refractivity contribution is 6.13. The fourth-order valence-electron chi connectivity index (χ4n) is 1.29. The quantitative estimate of drug-likeness (QED) is 0.198. The fraction of sp³-hybridized carbons (Fsp3) is 0.714. The molecule has 0 heterocycles. The van der Waals surface area contributed by atoms with E-state index >= 15 is 0 Å². The van der Waals surface area contributed by atoms with Gasteiger partial charge in [0.2, 0.25) is 0 Å². The van der Waals surface area contributed by atoms with Crippen molar-refractivity contribution in [2.24, 2.45) is 0 Å². The number of unbranched alkanes of at least 4 members (excludes halogenated alkanes) is 4. The van der Waals surface area contributed by atoms with Crippen molar-refractivity contribution in [2.45, 2.75) is 52.4 Å². The van der Waals surface area contributed by atoms with Gasteiger partial charge in [0.05, 0.1) is 13.2 Å². The van der Waals surface area contributed by atoms with Gasteiger partial charge < -0.3 is 9.47 Å². The van der Waals surface area contributed by atoms with Crippen LogP contribution in [0.2, 0.25) is 0 Å². The van der Waals surface area contributed by atoms with Crippen LogP contribution in [0.4, 0.5) is 0 Å². The molecule has 18 heavy (non-hydrogen) atoms. The summed E-state index contributed by atoms with van der Waals surface area (Å²) in [6.45, 7) is 8.19. The van der Waals surface area contributed by atoms with E-state index in [9.17, 15) is 9.59 Å². The van der Waals surface area contributed by atoms with Gasteiger partial charge in [-0.2, -0.15) is 0 Å². The van der Waals surface area contributed by atoms with Crippen molar-refractivity contribution in [1.29, 1.82) is 0 Å². The Bertz CT molecular complexity index is 245. The molecule has 0 amide bonds. The highest BCUT2D eigenvalue weighted by Crippen LogP contribution is 2.03. The molecule has 0 radical (unpaired) electrons. The molecule has 0 aliphatic carbocycles. The van der Waals surface area contributed by atoms with E-state index in [2.05, 4.69) is 20.4 Å². The number of carbonyl (C=O) groups is 2. The van der Waals surface area contributed by atoms with Crippen molar-refractivity contribution < 1.29 is 19.1 Å². The number of rotatable bonds is 10. The maximum Gasteiger partial charge on any atom is 0.344 e. The molecule has 0 atom stereocenters. The van der Waals surface area contributed by atoms with E-state index in [1.165, 1.54) is 0 Å². The van der Waals surface area contributed by atoms with Gasteiger partial charge >= 0.3 is 11.9 Å². The molecule has 0 unspecified atom stereocenters. The van der Waals surface area contributed by atoms with Gasteiger partial charge in [-0.15, -0.1) is 0 Å². The molecular formula is C14H24O4. The summed E-state index contributed by atoms with van der Waals surface area (Å²) in [6, 6.07) is 0. The summed E-state index contributed by atoms with van der Waals surface area (Å²) < 4.78 is 9.83. The van der Waals surface area contributed by atoms with Crippen LogP contribution < -0.4 is 0 Å². The Hall–Kier alpha value is -1.32. The van der Waals surface area contributed by atoms with Crippen molar-refractivity contribution in [2.75, 3.05) is 13.2 Å². The minimum absolute atomic E-state index is 0.219. The molecule has 0 saturated carbocycles. The first kappa shape index (κ1) is 16.7. The van der Waals surface area contributed by atoms with Gasteiger partial charge in [-0.1, -0.05) is 46.1 Å². The largest absolute Gasteiger partial charge is 0.462 e. The zero-order chi connectivity index (χ0) is 13.8. The Balaban J connectivity index is 3.76. The van der Waals surface area contributed by atoms with E-state index in [4.69, 9.17) is 9.47 Å². The molecule has 0 fully saturated rings. The van der Waals surface area contributed by atoms with E-state index in [1.54, 1.807) is 0 Å². The van der Waals surface area contributed by atoms with Gasteiger partial charge in [0.1, 0.15) is 5.57 Å². The van der Waals surface area contributed by atoms with Crippen molar-refractivity contribution in [3.8, 4) is 0 Å². The molecule has 0 spiro atoms. The monoisotopic (exact) mass is 256 g/mol. The van der Waals surface area contributed by atoms with Crippen LogP contribution in [0.3, 0.4) is 0 Å². The number of carbonyl (C=O) groups excluding carboxylic acids is 2. The third-order valence-electron chi connectivity index (χ3n) is 2.45. The van der Waals surface area contributed by atoms with Crippen LogP contribution in [0.1, 0.15) is 52.4 Å². The van der Waals surface area contributed by atoms with Crippen molar-refractivity contribution in [1.82, 2.24) is 0 Å². The molecule has 0 N–H and O–H groups in total. The summed E-state index contributed by atoms with van der Waals surface area (Å²) in [5.74, 6) is -1.35. The first-order chi connectivity index (χ1) is 8.63. The lowest BCUT2D eigenvalue weighted by molar-refractivity contribution is -0.147. The van der Waals surface area contributed by atoms with E-state index < -0.39 is 11.9 Å². The van der Waals surface area contributed by atoms with Crippen LogP contribution in [0, 0.1) is 0 Å². The standard InChI is InChI=1S/C14H24O4/c1-4-6-8-10-17-13(15)12(3)14(16)18-11-9-7-5-2/h3-11H2,1-2H3. The lowest BCUT2D eigenvalue weighted by Gasteiger charge is -2.07. The van der Waals surface area contributed by atoms with Gasteiger partial charge in [-0.05, 0) is 12.8 Å². The maximum atomic E-state index is 11.4. The third kappa shape index (κ3) is 7.87. The predicted octanol–water partition coefficient (Wildman–Crippen LogP) is 3.01. The van der Waals surface area contributed by atoms with Gasteiger partial charge in [0, 0.05) is 0 Å². The minimum Gasteiger partial charge on any atom is -0.462 e. The van der Waals surface area contributed by atoms with E-state index in [1.807, 2.05) is 0 Å². The molecule has 4 heteroatoms. The van der Waals surface area contributed by atoms with Crippen molar-refractivity contribution in [3.63, 3.8) is 0 Å². The highest BCUT2D eigenvalue weighted by Gasteiger charge is 2.18. The van der Waals surface area contributed by atoms with E-state index in [-0.39, 0.29) is 5.57 Å².